The zero-order chi connectivity index (χ0) is 14.4. The maximum absolute atomic E-state index is 11.3. The quantitative estimate of drug-likeness (QED) is 0.759. The molecule has 0 spiro atoms. The van der Waals surface area contributed by atoms with Crippen molar-refractivity contribution < 1.29 is 23.4 Å². The topological polar surface area (TPSA) is 57.9 Å². The molecular formula is C15H16O5. The van der Waals surface area contributed by atoms with Crippen molar-refractivity contribution in [3.63, 3.8) is 0 Å². The van der Waals surface area contributed by atoms with E-state index >= 15 is 0 Å². The van der Waals surface area contributed by atoms with Crippen molar-refractivity contribution in [2.45, 2.75) is 13.5 Å². The van der Waals surface area contributed by atoms with Crippen LogP contribution in [-0.2, 0) is 11.3 Å². The Hall–Kier alpha value is -2.43. The van der Waals surface area contributed by atoms with Gasteiger partial charge in [-0.25, -0.2) is 4.79 Å². The Morgan fingerprint density at radius 3 is 2.45 bits per heavy atom. The van der Waals surface area contributed by atoms with Crippen molar-refractivity contribution in [2.24, 2.45) is 0 Å². The van der Waals surface area contributed by atoms with Crippen LogP contribution in [0, 0.1) is 0 Å². The van der Waals surface area contributed by atoms with Crippen molar-refractivity contribution in [3.8, 4) is 11.5 Å². The molecule has 106 valence electrons. The van der Waals surface area contributed by atoms with E-state index in [2.05, 4.69) is 4.74 Å². The molecule has 0 saturated heterocycles. The molecular weight excluding hydrogens is 260 g/mol. The molecule has 0 N–H and O–H groups in total. The number of furan rings is 1. The largest absolute Gasteiger partial charge is 0.490 e. The zero-order valence-electron chi connectivity index (χ0n) is 11.4. The third-order valence-corrected chi connectivity index (χ3v) is 2.57. The van der Waals surface area contributed by atoms with Crippen LogP contribution in [0.4, 0.5) is 0 Å². The third-order valence-electron chi connectivity index (χ3n) is 2.57. The van der Waals surface area contributed by atoms with Crippen LogP contribution in [-0.4, -0.2) is 19.7 Å². The van der Waals surface area contributed by atoms with Gasteiger partial charge in [-0.2, -0.15) is 0 Å². The Bertz CT molecular complexity index is 573. The normalized spacial score (nSPS) is 10.1. The van der Waals surface area contributed by atoms with E-state index in [4.69, 9.17) is 13.9 Å². The lowest BCUT2D eigenvalue weighted by molar-refractivity contribution is 0.0561. The van der Waals surface area contributed by atoms with Crippen LogP contribution in [0.5, 0.6) is 11.5 Å². The van der Waals surface area contributed by atoms with Gasteiger partial charge in [-0.1, -0.05) is 12.1 Å². The van der Waals surface area contributed by atoms with Crippen molar-refractivity contribution >= 4 is 5.97 Å². The van der Waals surface area contributed by atoms with Gasteiger partial charge in [0.2, 0.25) is 5.76 Å². The Morgan fingerprint density at radius 2 is 1.80 bits per heavy atom. The molecule has 1 aromatic heterocycles. The number of hydrogen-bond donors (Lipinski definition) is 0. The van der Waals surface area contributed by atoms with E-state index in [1.807, 2.05) is 31.2 Å². The fourth-order valence-electron chi connectivity index (χ4n) is 1.66. The molecule has 0 radical (unpaired) electrons. The van der Waals surface area contributed by atoms with Gasteiger partial charge in [0.25, 0.3) is 0 Å². The number of rotatable bonds is 6. The molecule has 1 heterocycles. The van der Waals surface area contributed by atoms with Gasteiger partial charge in [0.1, 0.15) is 12.4 Å². The number of methoxy groups -OCH3 is 1. The standard InChI is InChI=1S/C15H16O5/c1-3-18-12-6-4-5-7-13(12)19-10-11-8-9-14(20-11)15(16)17-2/h4-9H,3,10H2,1-2H3. The van der Waals surface area contributed by atoms with Crippen LogP contribution >= 0.6 is 0 Å². The molecule has 0 fully saturated rings. The highest BCUT2D eigenvalue weighted by atomic mass is 16.5. The molecule has 5 heteroatoms. The first-order valence-electron chi connectivity index (χ1n) is 6.26. The molecule has 0 amide bonds. The summed E-state index contributed by atoms with van der Waals surface area (Å²) in [6.45, 7) is 2.68. The molecule has 20 heavy (non-hydrogen) atoms. The fourth-order valence-corrected chi connectivity index (χ4v) is 1.66. The highest BCUT2D eigenvalue weighted by Gasteiger charge is 2.12. The van der Waals surface area contributed by atoms with Crippen LogP contribution < -0.4 is 9.47 Å². The Balaban J connectivity index is 2.02. The van der Waals surface area contributed by atoms with E-state index < -0.39 is 5.97 Å². The number of benzene rings is 1. The SMILES string of the molecule is CCOc1ccccc1OCc1ccc(C(=O)OC)o1. The molecule has 2 rings (SSSR count). The van der Waals surface area contributed by atoms with Gasteiger partial charge in [-0.15, -0.1) is 0 Å². The molecule has 0 bridgehead atoms. The summed E-state index contributed by atoms with van der Waals surface area (Å²) in [6.07, 6.45) is 0. The summed E-state index contributed by atoms with van der Waals surface area (Å²) in [5.41, 5.74) is 0. The van der Waals surface area contributed by atoms with Gasteiger partial charge >= 0.3 is 5.97 Å². The number of ether oxygens (including phenoxy) is 3. The Kier molecular flexibility index (Phi) is 4.65. The summed E-state index contributed by atoms with van der Waals surface area (Å²) >= 11 is 0. The lowest BCUT2D eigenvalue weighted by Gasteiger charge is -2.10. The molecule has 0 unspecified atom stereocenters. The summed E-state index contributed by atoms with van der Waals surface area (Å²) in [7, 11) is 1.30. The molecule has 0 saturated carbocycles. The van der Waals surface area contributed by atoms with Crippen molar-refractivity contribution in [3.05, 3.63) is 47.9 Å². The summed E-state index contributed by atoms with van der Waals surface area (Å²) < 4.78 is 21.0. The van der Waals surface area contributed by atoms with Crippen LogP contribution in [0.25, 0.3) is 0 Å². The second kappa shape index (κ2) is 6.65. The first-order chi connectivity index (χ1) is 9.74. The van der Waals surface area contributed by atoms with Gasteiger partial charge in [-0.05, 0) is 31.2 Å². The van der Waals surface area contributed by atoms with Crippen molar-refractivity contribution in [2.75, 3.05) is 13.7 Å². The van der Waals surface area contributed by atoms with Crippen LogP contribution in [0.15, 0.2) is 40.8 Å². The summed E-state index contributed by atoms with van der Waals surface area (Å²) in [5.74, 6) is 1.49. The number of esters is 1. The predicted molar refractivity (Wildman–Crippen MR) is 72.0 cm³/mol. The highest BCUT2D eigenvalue weighted by molar-refractivity contribution is 5.86. The number of hydrogen-bond acceptors (Lipinski definition) is 5. The van der Waals surface area contributed by atoms with Gasteiger partial charge in [-0.3, -0.25) is 0 Å². The maximum Gasteiger partial charge on any atom is 0.373 e. The maximum atomic E-state index is 11.3. The van der Waals surface area contributed by atoms with Gasteiger partial charge in [0, 0.05) is 0 Å². The Morgan fingerprint density at radius 1 is 1.10 bits per heavy atom. The smallest absolute Gasteiger partial charge is 0.373 e. The molecule has 0 aliphatic rings. The third kappa shape index (κ3) is 3.32. The van der Waals surface area contributed by atoms with Gasteiger partial charge < -0.3 is 18.6 Å². The average molecular weight is 276 g/mol. The van der Waals surface area contributed by atoms with Crippen molar-refractivity contribution in [1.82, 2.24) is 0 Å². The summed E-state index contributed by atoms with van der Waals surface area (Å²) in [4.78, 5) is 11.3. The average Bonchev–Trinajstić information content (AvgIpc) is 2.95. The molecule has 2 aromatic rings. The van der Waals surface area contributed by atoms with E-state index in [1.165, 1.54) is 7.11 Å². The number of para-hydroxylation sites is 2. The summed E-state index contributed by atoms with van der Waals surface area (Å²) in [5, 5.41) is 0. The highest BCUT2D eigenvalue weighted by Crippen LogP contribution is 2.27. The molecule has 0 aliphatic carbocycles. The lowest BCUT2D eigenvalue weighted by atomic mass is 10.3. The summed E-state index contributed by atoms with van der Waals surface area (Å²) in [6, 6.07) is 10.6. The van der Waals surface area contributed by atoms with Gasteiger partial charge in [0.15, 0.2) is 11.5 Å². The second-order valence-electron chi connectivity index (χ2n) is 3.93. The minimum absolute atomic E-state index is 0.157. The van der Waals surface area contributed by atoms with E-state index in [9.17, 15) is 4.79 Å². The number of carbonyl (C=O) groups is 1. The fraction of sp³-hybridized carbons (Fsp3) is 0.267. The first kappa shape index (κ1) is 14.0. The van der Waals surface area contributed by atoms with E-state index in [0.717, 1.165) is 0 Å². The molecule has 5 nitrogen and oxygen atoms in total. The van der Waals surface area contributed by atoms with Gasteiger partial charge in [0.05, 0.1) is 13.7 Å². The van der Waals surface area contributed by atoms with E-state index in [0.29, 0.717) is 23.9 Å². The van der Waals surface area contributed by atoms with E-state index in [-0.39, 0.29) is 12.4 Å². The van der Waals surface area contributed by atoms with Crippen LogP contribution in [0.3, 0.4) is 0 Å². The Labute approximate surface area is 117 Å². The second-order valence-corrected chi connectivity index (χ2v) is 3.93. The minimum Gasteiger partial charge on any atom is -0.490 e. The lowest BCUT2D eigenvalue weighted by Crippen LogP contribution is -2.00. The molecule has 0 atom stereocenters. The molecule has 1 aromatic carbocycles. The monoisotopic (exact) mass is 276 g/mol. The molecule has 0 aliphatic heterocycles. The zero-order valence-corrected chi connectivity index (χ0v) is 11.4. The van der Waals surface area contributed by atoms with E-state index in [1.54, 1.807) is 12.1 Å². The van der Waals surface area contributed by atoms with Crippen LogP contribution in [0.1, 0.15) is 23.2 Å². The minimum atomic E-state index is -0.508. The van der Waals surface area contributed by atoms with Crippen LogP contribution in [0.2, 0.25) is 0 Å². The number of carbonyl (C=O) groups excluding carboxylic acids is 1. The predicted octanol–water partition coefficient (Wildman–Crippen LogP) is 3.04. The first-order valence-corrected chi connectivity index (χ1v) is 6.26. The van der Waals surface area contributed by atoms with Crippen molar-refractivity contribution in [1.29, 1.82) is 0 Å².